The highest BCUT2D eigenvalue weighted by Gasteiger charge is 2.26. The highest BCUT2D eigenvalue weighted by atomic mass is 15.4. The molecule has 5 heteroatoms. The van der Waals surface area contributed by atoms with Gasteiger partial charge in [0, 0.05) is 25.7 Å². The second kappa shape index (κ2) is 7.55. The van der Waals surface area contributed by atoms with Crippen LogP contribution in [-0.4, -0.2) is 58.0 Å². The summed E-state index contributed by atoms with van der Waals surface area (Å²) in [4.78, 5) is 4.89. The second-order valence-electron chi connectivity index (χ2n) is 7.34. The van der Waals surface area contributed by atoms with Gasteiger partial charge in [0.2, 0.25) is 0 Å². The molecule has 3 rings (SSSR count). The first-order valence-electron chi connectivity index (χ1n) is 9.02. The minimum atomic E-state index is 0.547. The van der Waals surface area contributed by atoms with Gasteiger partial charge in [-0.2, -0.15) is 0 Å². The number of rotatable bonds is 4. The van der Waals surface area contributed by atoms with Crippen LogP contribution in [0.4, 0.5) is 0 Å². The Hall–Kier alpha value is -0.940. The van der Waals surface area contributed by atoms with Gasteiger partial charge in [0.05, 0.1) is 17.9 Å². The topological polar surface area (TPSA) is 37.2 Å². The lowest BCUT2D eigenvalue weighted by Crippen LogP contribution is -2.41. The molecule has 0 unspecified atom stereocenters. The Bertz CT molecular complexity index is 440. The zero-order valence-corrected chi connectivity index (χ0v) is 14.2. The molecule has 1 aliphatic heterocycles. The highest BCUT2D eigenvalue weighted by Crippen LogP contribution is 2.28. The smallest absolute Gasteiger partial charge is 0.0967 e. The lowest BCUT2D eigenvalue weighted by Gasteiger charge is -2.37. The summed E-state index contributed by atoms with van der Waals surface area (Å²) in [6.45, 7) is 3.34. The van der Waals surface area contributed by atoms with Crippen LogP contribution in [0.2, 0.25) is 0 Å². The maximum absolute atomic E-state index is 4.37. The molecular formula is C17H31N5. The van der Waals surface area contributed by atoms with E-state index >= 15 is 0 Å². The summed E-state index contributed by atoms with van der Waals surface area (Å²) in [5.74, 6) is 0. The van der Waals surface area contributed by atoms with Gasteiger partial charge in [0.25, 0.3) is 0 Å². The molecule has 124 valence electrons. The van der Waals surface area contributed by atoms with Gasteiger partial charge in [-0.1, -0.05) is 30.9 Å². The van der Waals surface area contributed by atoms with E-state index in [0.717, 1.165) is 18.3 Å². The zero-order valence-electron chi connectivity index (χ0n) is 14.2. The average Bonchev–Trinajstić information content (AvgIpc) is 2.80. The third kappa shape index (κ3) is 4.07. The standard InChI is InChI=1S/C17H31N5/c1-20(2)13-15-14-22(19-18-15)17-9-11-21(12-10-17)16-7-5-3-4-6-8-16/h14,16-17H,3-13H2,1-2H3. The fraction of sp³-hybridized carbons (Fsp3) is 0.882. The summed E-state index contributed by atoms with van der Waals surface area (Å²) < 4.78 is 2.11. The number of nitrogens with zero attached hydrogens (tertiary/aromatic N) is 5. The van der Waals surface area contributed by atoms with Crippen molar-refractivity contribution in [2.45, 2.75) is 70.0 Å². The minimum absolute atomic E-state index is 0.547. The van der Waals surface area contributed by atoms with E-state index in [-0.39, 0.29) is 0 Å². The summed E-state index contributed by atoms with van der Waals surface area (Å²) in [5.41, 5.74) is 1.08. The lowest BCUT2D eigenvalue weighted by atomic mass is 10.00. The van der Waals surface area contributed by atoms with Crippen LogP contribution in [0, 0.1) is 0 Å². The maximum atomic E-state index is 4.37. The van der Waals surface area contributed by atoms with E-state index in [0.29, 0.717) is 6.04 Å². The fourth-order valence-corrected chi connectivity index (χ4v) is 4.03. The molecule has 0 radical (unpaired) electrons. The van der Waals surface area contributed by atoms with Crippen LogP contribution < -0.4 is 0 Å². The summed E-state index contributed by atoms with van der Waals surface area (Å²) in [6.07, 6.45) is 13.2. The van der Waals surface area contributed by atoms with Crippen LogP contribution in [0.25, 0.3) is 0 Å². The van der Waals surface area contributed by atoms with Crippen molar-refractivity contribution in [2.24, 2.45) is 0 Å². The van der Waals surface area contributed by atoms with Crippen LogP contribution in [0.3, 0.4) is 0 Å². The van der Waals surface area contributed by atoms with E-state index < -0.39 is 0 Å². The Morgan fingerprint density at radius 1 is 1.00 bits per heavy atom. The molecule has 1 saturated heterocycles. The Morgan fingerprint density at radius 3 is 2.32 bits per heavy atom. The van der Waals surface area contributed by atoms with E-state index in [1.165, 1.54) is 64.5 Å². The van der Waals surface area contributed by atoms with Crippen molar-refractivity contribution >= 4 is 0 Å². The molecule has 1 aromatic heterocycles. The largest absolute Gasteiger partial charge is 0.303 e. The van der Waals surface area contributed by atoms with E-state index in [1.54, 1.807) is 0 Å². The molecule has 2 aliphatic rings. The minimum Gasteiger partial charge on any atom is -0.303 e. The Kier molecular flexibility index (Phi) is 5.47. The first kappa shape index (κ1) is 15.9. The predicted molar refractivity (Wildman–Crippen MR) is 88.7 cm³/mol. The van der Waals surface area contributed by atoms with Crippen molar-refractivity contribution in [1.82, 2.24) is 24.8 Å². The molecule has 2 heterocycles. The van der Waals surface area contributed by atoms with Crippen molar-refractivity contribution in [2.75, 3.05) is 27.2 Å². The third-order valence-corrected chi connectivity index (χ3v) is 5.25. The summed E-state index contributed by atoms with van der Waals surface area (Å²) in [6, 6.07) is 1.40. The summed E-state index contributed by atoms with van der Waals surface area (Å²) in [7, 11) is 4.15. The lowest BCUT2D eigenvalue weighted by molar-refractivity contribution is 0.119. The van der Waals surface area contributed by atoms with Crippen molar-refractivity contribution in [1.29, 1.82) is 0 Å². The molecule has 1 saturated carbocycles. The normalized spacial score (nSPS) is 23.0. The number of hydrogen-bond acceptors (Lipinski definition) is 4. The first-order valence-corrected chi connectivity index (χ1v) is 9.02. The van der Waals surface area contributed by atoms with Crippen LogP contribution in [0.5, 0.6) is 0 Å². The van der Waals surface area contributed by atoms with Crippen molar-refractivity contribution in [3.8, 4) is 0 Å². The van der Waals surface area contributed by atoms with Gasteiger partial charge in [-0.15, -0.1) is 5.10 Å². The SMILES string of the molecule is CN(C)Cc1cn(C2CCN(C3CCCCCC3)CC2)nn1. The van der Waals surface area contributed by atoms with Gasteiger partial charge in [-0.25, -0.2) is 4.68 Å². The van der Waals surface area contributed by atoms with Crippen molar-refractivity contribution < 1.29 is 0 Å². The fourth-order valence-electron chi connectivity index (χ4n) is 4.03. The van der Waals surface area contributed by atoms with Crippen molar-refractivity contribution in [3.63, 3.8) is 0 Å². The van der Waals surface area contributed by atoms with Gasteiger partial charge in [0.15, 0.2) is 0 Å². The molecule has 0 aromatic carbocycles. The van der Waals surface area contributed by atoms with Gasteiger partial charge < -0.3 is 9.80 Å². The third-order valence-electron chi connectivity index (χ3n) is 5.25. The molecule has 2 fully saturated rings. The van der Waals surface area contributed by atoms with E-state index in [1.807, 2.05) is 0 Å². The monoisotopic (exact) mass is 305 g/mol. The zero-order chi connectivity index (χ0) is 15.4. The van der Waals surface area contributed by atoms with Gasteiger partial charge in [-0.3, -0.25) is 0 Å². The number of likely N-dealkylation sites (tertiary alicyclic amines) is 1. The van der Waals surface area contributed by atoms with Crippen LogP contribution in [-0.2, 0) is 6.54 Å². The Balaban J connectivity index is 1.51. The highest BCUT2D eigenvalue weighted by molar-refractivity contribution is 4.94. The van der Waals surface area contributed by atoms with E-state index in [9.17, 15) is 0 Å². The molecular weight excluding hydrogens is 274 g/mol. The van der Waals surface area contributed by atoms with E-state index in [2.05, 4.69) is 45.1 Å². The van der Waals surface area contributed by atoms with Gasteiger partial charge in [0.1, 0.15) is 0 Å². The molecule has 0 N–H and O–H groups in total. The molecule has 0 bridgehead atoms. The number of piperidine rings is 1. The predicted octanol–water partition coefficient (Wildman–Crippen LogP) is 2.70. The van der Waals surface area contributed by atoms with Crippen LogP contribution in [0.1, 0.15) is 63.1 Å². The quantitative estimate of drug-likeness (QED) is 0.802. The van der Waals surface area contributed by atoms with Crippen LogP contribution in [0.15, 0.2) is 6.20 Å². The number of aromatic nitrogens is 3. The molecule has 0 amide bonds. The Morgan fingerprint density at radius 2 is 1.68 bits per heavy atom. The van der Waals surface area contributed by atoms with Gasteiger partial charge in [-0.05, 0) is 39.8 Å². The van der Waals surface area contributed by atoms with Gasteiger partial charge >= 0.3 is 0 Å². The molecule has 1 aliphatic carbocycles. The molecule has 0 atom stereocenters. The average molecular weight is 305 g/mol. The van der Waals surface area contributed by atoms with Crippen molar-refractivity contribution in [3.05, 3.63) is 11.9 Å². The molecule has 22 heavy (non-hydrogen) atoms. The molecule has 5 nitrogen and oxygen atoms in total. The molecule has 0 spiro atoms. The van der Waals surface area contributed by atoms with E-state index in [4.69, 9.17) is 0 Å². The summed E-state index contributed by atoms with van der Waals surface area (Å²) >= 11 is 0. The molecule has 1 aromatic rings. The second-order valence-corrected chi connectivity index (χ2v) is 7.34. The maximum Gasteiger partial charge on any atom is 0.0967 e. The summed E-state index contributed by atoms with van der Waals surface area (Å²) in [5, 5.41) is 8.68. The number of hydrogen-bond donors (Lipinski definition) is 0. The first-order chi connectivity index (χ1) is 10.7. The van der Waals surface area contributed by atoms with Crippen LogP contribution >= 0.6 is 0 Å². The Labute approximate surface area is 134 Å².